The molecule has 0 fully saturated rings. The molecule has 0 N–H and O–H groups in total. The molecule has 0 atom stereocenters. The van der Waals surface area contributed by atoms with Gasteiger partial charge in [-0.15, -0.1) is 0 Å². The Hall–Kier alpha value is -3.76. The fourth-order valence-electron chi connectivity index (χ4n) is 3.12. The van der Waals surface area contributed by atoms with Gasteiger partial charge >= 0.3 is 6.18 Å². The molecule has 0 aliphatic carbocycles. The number of rotatable bonds is 4. The van der Waals surface area contributed by atoms with Crippen molar-refractivity contribution in [3.05, 3.63) is 71.6 Å². The molecule has 31 heavy (non-hydrogen) atoms. The van der Waals surface area contributed by atoms with E-state index in [-0.39, 0.29) is 23.6 Å². The number of fused-ring (bicyclic) bond motifs is 1. The molecule has 0 unspecified atom stereocenters. The minimum atomic E-state index is -4.75. The van der Waals surface area contributed by atoms with E-state index in [0.717, 1.165) is 23.9 Å². The van der Waals surface area contributed by atoms with E-state index < -0.39 is 23.6 Å². The standard InChI is InChI=1S/C20H16F4N6O/c1-28(11-14-7-8-25-29(14)2)19(31)16-10-18-26-15(12-3-5-13(21)6-4-12)9-17(20(22,23)24)30(18)27-16/h3-10H,11H2,1-2H3. The highest BCUT2D eigenvalue weighted by atomic mass is 19.4. The average Bonchev–Trinajstić information content (AvgIpc) is 3.32. The van der Waals surface area contributed by atoms with Crippen molar-refractivity contribution in [2.24, 2.45) is 7.05 Å². The first-order valence-electron chi connectivity index (χ1n) is 9.10. The number of carbonyl (C=O) groups excluding carboxylic acids is 1. The summed E-state index contributed by atoms with van der Waals surface area (Å²) in [7, 11) is 3.23. The molecule has 7 nitrogen and oxygen atoms in total. The van der Waals surface area contributed by atoms with Crippen LogP contribution in [0.15, 0.2) is 48.7 Å². The van der Waals surface area contributed by atoms with Gasteiger partial charge in [0.05, 0.1) is 17.9 Å². The van der Waals surface area contributed by atoms with Crippen LogP contribution in [0.4, 0.5) is 17.6 Å². The summed E-state index contributed by atoms with van der Waals surface area (Å²) in [6.45, 7) is 0.198. The smallest absolute Gasteiger partial charge is 0.334 e. The lowest BCUT2D eigenvalue weighted by Crippen LogP contribution is -2.27. The van der Waals surface area contributed by atoms with Crippen molar-refractivity contribution in [1.82, 2.24) is 29.3 Å². The van der Waals surface area contributed by atoms with Crippen molar-refractivity contribution in [3.63, 3.8) is 0 Å². The van der Waals surface area contributed by atoms with Gasteiger partial charge in [-0.05, 0) is 36.4 Å². The number of alkyl halides is 3. The average molecular weight is 432 g/mol. The predicted octanol–water partition coefficient (Wildman–Crippen LogP) is 3.56. The van der Waals surface area contributed by atoms with E-state index in [4.69, 9.17) is 0 Å². The number of aryl methyl sites for hydroxylation is 1. The lowest BCUT2D eigenvalue weighted by Gasteiger charge is -2.15. The van der Waals surface area contributed by atoms with Crippen molar-refractivity contribution in [1.29, 1.82) is 0 Å². The van der Waals surface area contributed by atoms with Crippen LogP contribution in [0.25, 0.3) is 16.9 Å². The minimum Gasteiger partial charge on any atom is -0.334 e. The summed E-state index contributed by atoms with van der Waals surface area (Å²) >= 11 is 0. The second-order valence-electron chi connectivity index (χ2n) is 6.94. The second kappa shape index (κ2) is 7.49. The molecule has 1 aromatic carbocycles. The molecule has 0 saturated heterocycles. The van der Waals surface area contributed by atoms with Crippen molar-refractivity contribution in [2.75, 3.05) is 7.05 Å². The Labute approximate surface area is 173 Å². The largest absolute Gasteiger partial charge is 0.433 e. The zero-order valence-electron chi connectivity index (χ0n) is 16.4. The quantitative estimate of drug-likeness (QED) is 0.463. The van der Waals surface area contributed by atoms with Crippen LogP contribution in [0.5, 0.6) is 0 Å². The van der Waals surface area contributed by atoms with Gasteiger partial charge in [-0.25, -0.2) is 13.9 Å². The summed E-state index contributed by atoms with van der Waals surface area (Å²) in [6.07, 6.45) is -3.17. The monoisotopic (exact) mass is 432 g/mol. The molecular weight excluding hydrogens is 416 g/mol. The first-order valence-corrected chi connectivity index (χ1v) is 9.10. The van der Waals surface area contributed by atoms with Crippen molar-refractivity contribution in [2.45, 2.75) is 12.7 Å². The molecule has 0 saturated carbocycles. The van der Waals surface area contributed by atoms with Crippen molar-refractivity contribution in [3.8, 4) is 11.3 Å². The fourth-order valence-corrected chi connectivity index (χ4v) is 3.12. The van der Waals surface area contributed by atoms with Gasteiger partial charge in [0, 0.05) is 31.9 Å². The lowest BCUT2D eigenvalue weighted by atomic mass is 10.1. The molecule has 160 valence electrons. The Kier molecular flexibility index (Phi) is 4.96. The van der Waals surface area contributed by atoms with E-state index in [1.807, 2.05) is 0 Å². The zero-order chi connectivity index (χ0) is 22.3. The van der Waals surface area contributed by atoms with Crippen LogP contribution in [-0.4, -0.2) is 42.2 Å². The van der Waals surface area contributed by atoms with E-state index in [2.05, 4.69) is 15.2 Å². The maximum Gasteiger partial charge on any atom is 0.433 e. The van der Waals surface area contributed by atoms with Gasteiger partial charge in [-0.1, -0.05) is 0 Å². The molecule has 11 heteroatoms. The maximum atomic E-state index is 13.7. The molecule has 3 aromatic heterocycles. The van der Waals surface area contributed by atoms with Gasteiger partial charge in [0.2, 0.25) is 0 Å². The van der Waals surface area contributed by atoms with Crippen LogP contribution in [0, 0.1) is 5.82 Å². The molecule has 4 rings (SSSR count). The van der Waals surface area contributed by atoms with Crippen LogP contribution in [0.1, 0.15) is 21.9 Å². The van der Waals surface area contributed by atoms with Crippen molar-refractivity contribution >= 4 is 11.6 Å². The number of hydrogen-bond acceptors (Lipinski definition) is 4. The first kappa shape index (κ1) is 20.5. The molecular formula is C20H16F4N6O. The highest BCUT2D eigenvalue weighted by molar-refractivity contribution is 5.93. The number of hydrogen-bond donors (Lipinski definition) is 0. The number of benzene rings is 1. The van der Waals surface area contributed by atoms with Crippen LogP contribution in [0.2, 0.25) is 0 Å². The summed E-state index contributed by atoms with van der Waals surface area (Å²) in [5.74, 6) is -1.09. The topological polar surface area (TPSA) is 68.3 Å². The third kappa shape index (κ3) is 3.98. The normalized spacial score (nSPS) is 11.8. The lowest BCUT2D eigenvalue weighted by molar-refractivity contribution is -0.142. The SMILES string of the molecule is CN(Cc1ccnn1C)C(=O)c1cc2nc(-c3ccc(F)cc3)cc(C(F)(F)F)n2n1. The Balaban J connectivity index is 1.75. The van der Waals surface area contributed by atoms with E-state index in [9.17, 15) is 22.4 Å². The summed E-state index contributed by atoms with van der Waals surface area (Å²) in [5, 5.41) is 7.88. The molecule has 0 bridgehead atoms. The third-order valence-electron chi connectivity index (χ3n) is 4.75. The Morgan fingerprint density at radius 1 is 1.13 bits per heavy atom. The number of carbonyl (C=O) groups is 1. The van der Waals surface area contributed by atoms with Crippen LogP contribution in [-0.2, 0) is 19.8 Å². The fraction of sp³-hybridized carbons (Fsp3) is 0.200. The van der Waals surface area contributed by atoms with Gasteiger partial charge in [0.25, 0.3) is 5.91 Å². The Bertz CT molecular complexity index is 1260. The molecule has 4 aromatic rings. The zero-order valence-corrected chi connectivity index (χ0v) is 16.4. The summed E-state index contributed by atoms with van der Waals surface area (Å²) in [5.41, 5.74) is -0.387. The highest BCUT2D eigenvalue weighted by Gasteiger charge is 2.36. The van der Waals surface area contributed by atoms with Gasteiger partial charge in [0.1, 0.15) is 5.82 Å². The van der Waals surface area contributed by atoms with Crippen LogP contribution in [0.3, 0.4) is 0 Å². The maximum absolute atomic E-state index is 13.7. The number of halogens is 4. The molecule has 1 amide bonds. The summed E-state index contributed by atoms with van der Waals surface area (Å²) in [6, 6.07) is 8.67. The van der Waals surface area contributed by atoms with Crippen LogP contribution < -0.4 is 0 Å². The minimum absolute atomic E-state index is 0.0121. The summed E-state index contributed by atoms with van der Waals surface area (Å²) in [4.78, 5) is 18.3. The highest BCUT2D eigenvalue weighted by Crippen LogP contribution is 2.32. The number of nitrogens with zero attached hydrogens (tertiary/aromatic N) is 6. The van der Waals surface area contributed by atoms with E-state index in [0.29, 0.717) is 10.1 Å². The third-order valence-corrected chi connectivity index (χ3v) is 4.75. The van der Waals surface area contributed by atoms with Crippen LogP contribution >= 0.6 is 0 Å². The first-order chi connectivity index (χ1) is 14.6. The number of aromatic nitrogens is 5. The second-order valence-corrected chi connectivity index (χ2v) is 6.94. The van der Waals surface area contributed by atoms with Gasteiger partial charge in [-0.3, -0.25) is 9.48 Å². The van der Waals surface area contributed by atoms with Gasteiger partial charge in [-0.2, -0.15) is 23.4 Å². The van der Waals surface area contributed by atoms with Crippen molar-refractivity contribution < 1.29 is 22.4 Å². The number of amides is 1. The summed E-state index contributed by atoms with van der Waals surface area (Å²) < 4.78 is 56.4. The van der Waals surface area contributed by atoms with Gasteiger partial charge in [0.15, 0.2) is 17.0 Å². The molecule has 0 spiro atoms. The Morgan fingerprint density at radius 3 is 2.45 bits per heavy atom. The van der Waals surface area contributed by atoms with E-state index in [1.54, 1.807) is 24.0 Å². The van der Waals surface area contributed by atoms with Gasteiger partial charge < -0.3 is 4.90 Å². The molecule has 3 heterocycles. The predicted molar refractivity (Wildman–Crippen MR) is 102 cm³/mol. The van der Waals surface area contributed by atoms with E-state index >= 15 is 0 Å². The molecule has 0 radical (unpaired) electrons. The van der Waals surface area contributed by atoms with E-state index in [1.165, 1.54) is 30.1 Å². The Morgan fingerprint density at radius 2 is 1.84 bits per heavy atom. The molecule has 0 aliphatic rings. The molecule has 0 aliphatic heterocycles.